The monoisotopic (exact) mass is 370 g/mol. The zero-order valence-corrected chi connectivity index (χ0v) is 16.1. The largest absolute Gasteiger partial charge is 0.460 e. The Hall–Kier alpha value is -2.37. The van der Waals surface area contributed by atoms with Gasteiger partial charge in [-0.15, -0.1) is 0 Å². The van der Waals surface area contributed by atoms with Gasteiger partial charge in [0.15, 0.2) is 0 Å². The number of ether oxygens (including phenoxy) is 1. The fraction of sp³-hybridized carbons (Fsp3) is 0.571. The lowest BCUT2D eigenvalue weighted by Crippen LogP contribution is -2.42. The van der Waals surface area contributed by atoms with Crippen molar-refractivity contribution in [3.8, 4) is 0 Å². The van der Waals surface area contributed by atoms with Crippen molar-refractivity contribution in [1.82, 2.24) is 4.90 Å². The molecular weight excluding hydrogens is 344 g/mol. The zero-order valence-electron chi connectivity index (χ0n) is 16.1. The normalized spacial score (nSPS) is 31.7. The molecule has 1 aromatic carbocycles. The van der Waals surface area contributed by atoms with Crippen molar-refractivity contribution in [2.24, 2.45) is 16.7 Å². The highest BCUT2D eigenvalue weighted by Gasteiger charge is 2.63. The van der Waals surface area contributed by atoms with E-state index in [9.17, 15) is 14.4 Å². The van der Waals surface area contributed by atoms with Crippen molar-refractivity contribution in [3.63, 3.8) is 0 Å². The third-order valence-corrected chi connectivity index (χ3v) is 7.40. The van der Waals surface area contributed by atoms with Crippen LogP contribution in [0.25, 0.3) is 0 Å². The molecule has 0 N–H and O–H groups in total. The summed E-state index contributed by atoms with van der Waals surface area (Å²) >= 11 is 0. The Kier molecular flexibility index (Phi) is 4.05. The van der Waals surface area contributed by atoms with Crippen LogP contribution in [0.15, 0.2) is 30.3 Å². The molecule has 27 heavy (non-hydrogen) atoms. The number of carbonyl (C=O) groups is 3. The van der Waals surface area contributed by atoms with Gasteiger partial charge in [0, 0.05) is 11.1 Å². The molecule has 2 saturated carbocycles. The second-order valence-corrected chi connectivity index (χ2v) is 8.77. The predicted octanol–water partition coefficient (Wildman–Crippen LogP) is 3.21. The molecule has 3 aliphatic rings. The van der Waals surface area contributed by atoms with Crippen LogP contribution in [0, 0.1) is 16.7 Å². The van der Waals surface area contributed by atoms with Crippen molar-refractivity contribution in [3.05, 3.63) is 30.3 Å². The van der Waals surface area contributed by atoms with Gasteiger partial charge in [0.05, 0.1) is 0 Å². The number of anilines is 1. The number of esters is 1. The van der Waals surface area contributed by atoms with Gasteiger partial charge < -0.3 is 4.74 Å². The maximum absolute atomic E-state index is 12.6. The third-order valence-electron chi connectivity index (χ3n) is 7.40. The second kappa shape index (κ2) is 6.08. The molecule has 0 unspecified atom stereocenters. The third kappa shape index (κ3) is 2.65. The van der Waals surface area contributed by atoms with E-state index in [4.69, 9.17) is 4.74 Å². The minimum absolute atomic E-state index is 0.0393. The van der Waals surface area contributed by atoms with Gasteiger partial charge in [0.25, 0.3) is 5.91 Å². The quantitative estimate of drug-likeness (QED) is 0.603. The van der Waals surface area contributed by atoms with E-state index in [1.807, 2.05) is 18.2 Å². The maximum atomic E-state index is 12.6. The van der Waals surface area contributed by atoms with E-state index >= 15 is 0 Å². The highest BCUT2D eigenvalue weighted by molar-refractivity contribution is 6.13. The van der Waals surface area contributed by atoms with Crippen LogP contribution in [0.3, 0.4) is 0 Å². The minimum Gasteiger partial charge on any atom is -0.460 e. The van der Waals surface area contributed by atoms with Crippen LogP contribution in [0.2, 0.25) is 0 Å². The van der Waals surface area contributed by atoms with E-state index in [0.29, 0.717) is 11.6 Å². The molecule has 0 spiro atoms. The van der Waals surface area contributed by atoms with E-state index in [1.54, 1.807) is 12.1 Å². The van der Waals surface area contributed by atoms with Gasteiger partial charge in [-0.3, -0.25) is 19.4 Å². The summed E-state index contributed by atoms with van der Waals surface area (Å²) in [6.07, 6.45) is 2.95. The number of carbonyl (C=O) groups excluding carboxylic acids is 3. The number of imide groups is 1. The number of urea groups is 1. The first kappa shape index (κ1) is 18.0. The number of fused-ring (bicyclic) bond motifs is 2. The lowest BCUT2D eigenvalue weighted by atomic mass is 9.70. The summed E-state index contributed by atoms with van der Waals surface area (Å²) in [5.74, 6) is -0.314. The molecule has 3 amide bonds. The molecule has 1 aromatic rings. The summed E-state index contributed by atoms with van der Waals surface area (Å²) < 4.78 is 5.78. The molecule has 3 atom stereocenters. The van der Waals surface area contributed by atoms with E-state index in [0.717, 1.165) is 17.7 Å². The van der Waals surface area contributed by atoms with Crippen molar-refractivity contribution < 1.29 is 19.1 Å². The van der Waals surface area contributed by atoms with Crippen molar-refractivity contribution >= 4 is 23.6 Å². The predicted molar refractivity (Wildman–Crippen MR) is 100 cm³/mol. The van der Waals surface area contributed by atoms with Crippen LogP contribution in [-0.4, -0.2) is 42.0 Å². The minimum atomic E-state index is -0.499. The maximum Gasteiger partial charge on any atom is 0.332 e. The number of nitrogens with zero attached hydrogens (tertiary/aromatic N) is 2. The van der Waals surface area contributed by atoms with E-state index in [2.05, 4.69) is 20.8 Å². The Bertz CT molecular complexity index is 791. The number of hydrogen-bond donors (Lipinski definition) is 0. The molecule has 2 aliphatic carbocycles. The van der Waals surface area contributed by atoms with Gasteiger partial charge in [-0.2, -0.15) is 0 Å². The van der Waals surface area contributed by atoms with Crippen molar-refractivity contribution in [2.45, 2.75) is 46.1 Å². The van der Waals surface area contributed by atoms with Crippen LogP contribution in [0.4, 0.5) is 10.5 Å². The number of rotatable bonds is 4. The Morgan fingerprint density at radius 1 is 1.19 bits per heavy atom. The molecule has 144 valence electrons. The second-order valence-electron chi connectivity index (χ2n) is 8.77. The van der Waals surface area contributed by atoms with Crippen LogP contribution in [0.1, 0.15) is 40.0 Å². The summed E-state index contributed by atoms with van der Waals surface area (Å²) in [6.45, 7) is 6.33. The molecule has 0 aromatic heterocycles. The molecule has 2 bridgehead atoms. The highest BCUT2D eigenvalue weighted by atomic mass is 16.5. The standard InChI is InChI=1S/C21H26N2O4/c1-20(2)14-9-10-21(20,3)16(11-14)27-18(25)13-23-17(24)12-22(19(23)26)15-7-5-4-6-8-15/h4-8,14,16H,9-13H2,1-3H3/t14-,16-,21-/m1/s1. The lowest BCUT2D eigenvalue weighted by Gasteiger charge is -2.38. The molecular formula is C21H26N2O4. The van der Waals surface area contributed by atoms with Gasteiger partial charge in [-0.05, 0) is 42.7 Å². The van der Waals surface area contributed by atoms with E-state index in [1.165, 1.54) is 11.3 Å². The summed E-state index contributed by atoms with van der Waals surface area (Å²) in [6, 6.07) is 8.53. The number of benzene rings is 1. The summed E-state index contributed by atoms with van der Waals surface area (Å²) in [5, 5.41) is 0. The van der Waals surface area contributed by atoms with Crippen molar-refractivity contribution in [1.29, 1.82) is 0 Å². The Balaban J connectivity index is 1.42. The van der Waals surface area contributed by atoms with Crippen LogP contribution in [0.5, 0.6) is 0 Å². The summed E-state index contributed by atoms with van der Waals surface area (Å²) in [7, 11) is 0. The van der Waals surface area contributed by atoms with E-state index < -0.39 is 12.0 Å². The van der Waals surface area contributed by atoms with Gasteiger partial charge in [0.2, 0.25) is 0 Å². The average Bonchev–Trinajstić information content (AvgIpc) is 3.11. The first-order valence-corrected chi connectivity index (χ1v) is 9.60. The van der Waals surface area contributed by atoms with Crippen LogP contribution >= 0.6 is 0 Å². The Labute approximate surface area is 159 Å². The summed E-state index contributed by atoms with van der Waals surface area (Å²) in [5.41, 5.74) is 0.748. The molecule has 0 radical (unpaired) electrons. The van der Waals surface area contributed by atoms with Gasteiger partial charge in [-0.25, -0.2) is 4.79 Å². The van der Waals surface area contributed by atoms with E-state index in [-0.39, 0.29) is 35.9 Å². The highest BCUT2D eigenvalue weighted by Crippen LogP contribution is 2.66. The Morgan fingerprint density at radius 3 is 2.48 bits per heavy atom. The smallest absolute Gasteiger partial charge is 0.332 e. The topological polar surface area (TPSA) is 66.9 Å². The molecule has 1 saturated heterocycles. The Morgan fingerprint density at radius 2 is 1.89 bits per heavy atom. The SMILES string of the molecule is CC1(C)[C@@H]2CC[C@]1(C)[C@H](OC(=O)CN1C(=O)CN(c3ccccc3)C1=O)C2. The first-order valence-electron chi connectivity index (χ1n) is 9.60. The van der Waals surface area contributed by atoms with Crippen LogP contribution in [-0.2, 0) is 14.3 Å². The number of para-hydroxylation sites is 1. The molecule has 6 nitrogen and oxygen atoms in total. The fourth-order valence-corrected chi connectivity index (χ4v) is 5.14. The number of amides is 3. The molecule has 1 heterocycles. The first-order chi connectivity index (χ1) is 12.7. The molecule has 6 heteroatoms. The van der Waals surface area contributed by atoms with Gasteiger partial charge in [0.1, 0.15) is 19.2 Å². The average molecular weight is 370 g/mol. The lowest BCUT2D eigenvalue weighted by molar-refractivity contribution is -0.158. The van der Waals surface area contributed by atoms with Gasteiger partial charge >= 0.3 is 12.0 Å². The molecule has 3 fully saturated rings. The van der Waals surface area contributed by atoms with Gasteiger partial charge in [-0.1, -0.05) is 39.0 Å². The zero-order chi connectivity index (χ0) is 19.4. The molecule has 4 rings (SSSR count). The van der Waals surface area contributed by atoms with Crippen molar-refractivity contribution in [2.75, 3.05) is 18.0 Å². The summed E-state index contributed by atoms with van der Waals surface area (Å²) in [4.78, 5) is 39.8. The number of hydrogen-bond acceptors (Lipinski definition) is 4. The van der Waals surface area contributed by atoms with Crippen LogP contribution < -0.4 is 4.90 Å². The fourth-order valence-electron chi connectivity index (χ4n) is 5.14. The molecule has 1 aliphatic heterocycles.